The zero-order valence-electron chi connectivity index (χ0n) is 64.6. The number of imidazole rings is 5. The van der Waals surface area contributed by atoms with Crippen LogP contribution in [0.5, 0.6) is 0 Å². The minimum absolute atomic E-state index is 0.539. The lowest BCUT2D eigenvalue weighted by Gasteiger charge is -2.02. The van der Waals surface area contributed by atoms with Gasteiger partial charge in [-0.1, -0.05) is 59.9 Å². The van der Waals surface area contributed by atoms with Gasteiger partial charge in [0.15, 0.2) is 51.8 Å². The molecule has 26 rings (SSSR count). The van der Waals surface area contributed by atoms with Gasteiger partial charge in [-0.15, -0.1) is 0 Å². The largest absolute Gasteiger partial charge is 0.419 e. The molecule has 0 unspecified atom stereocenters. The topological polar surface area (TPSA) is 199 Å². The van der Waals surface area contributed by atoms with Crippen LogP contribution in [0.15, 0.2) is 237 Å². The van der Waals surface area contributed by atoms with Crippen LogP contribution in [-0.4, -0.2) is 85.9 Å². The van der Waals surface area contributed by atoms with Crippen LogP contribution in [0.1, 0.15) is 40.2 Å². The Hall–Kier alpha value is -13.8. The first-order valence-electron chi connectivity index (χ1n) is 38.4. The zero-order chi connectivity index (χ0) is 76.9. The Balaban J connectivity index is 0.0000000870. The van der Waals surface area contributed by atoms with Gasteiger partial charge in [0.2, 0.25) is 10.3 Å². The Morgan fingerprint density at radius 3 is 1.57 bits per heavy atom. The highest BCUT2D eigenvalue weighted by Crippen LogP contribution is 2.40. The minimum Gasteiger partial charge on any atom is -0.419 e. The molecule has 20 aromatic heterocycles. The summed E-state index contributed by atoms with van der Waals surface area (Å²) >= 11 is 1.60. The molecule has 0 amide bonds. The van der Waals surface area contributed by atoms with E-state index in [4.69, 9.17) is 16.8 Å². The van der Waals surface area contributed by atoms with E-state index in [9.17, 15) is 0 Å². The molecule has 0 N–H and O–H groups in total. The summed E-state index contributed by atoms with van der Waals surface area (Å²) in [6.45, 7) is -3.36. The fourth-order valence-corrected chi connectivity index (χ4v) is 17.4. The first-order chi connectivity index (χ1) is 55.4. The van der Waals surface area contributed by atoms with Gasteiger partial charge < -0.3 is 4.42 Å². The second-order valence-corrected chi connectivity index (χ2v) is 27.3. The maximum atomic E-state index is 8.03. The van der Waals surface area contributed by atoms with E-state index in [1.807, 2.05) is 136 Å². The molecule has 24 nitrogen and oxygen atoms in total. The lowest BCUT2D eigenvalue weighted by molar-refractivity contribution is -0.652. The average molecular weight is 1400 g/mol. The van der Waals surface area contributed by atoms with Crippen molar-refractivity contribution in [3.8, 4) is 63.3 Å². The van der Waals surface area contributed by atoms with Crippen molar-refractivity contribution in [2.75, 3.05) is 0 Å². The van der Waals surface area contributed by atoms with Crippen molar-refractivity contribution in [3.05, 3.63) is 261 Å². The molecule has 5 aliphatic rings. The molecule has 25 heterocycles. The van der Waals surface area contributed by atoms with E-state index in [2.05, 4.69) is 137 Å². The molecule has 0 aliphatic carbocycles. The molecule has 0 atom stereocenters. The van der Waals surface area contributed by atoms with E-state index in [1.54, 1.807) is 73.3 Å². The first kappa shape index (κ1) is 50.5. The van der Waals surface area contributed by atoms with Crippen LogP contribution >= 0.6 is 11.3 Å². The van der Waals surface area contributed by atoms with E-state index in [0.717, 1.165) is 107 Å². The van der Waals surface area contributed by atoms with Gasteiger partial charge in [0, 0.05) is 131 Å². The fourth-order valence-electron chi connectivity index (χ4n) is 16.2. The summed E-state index contributed by atoms with van der Waals surface area (Å²) in [5.41, 5.74) is 23.0. The van der Waals surface area contributed by atoms with Crippen molar-refractivity contribution < 1.29 is 39.6 Å². The van der Waals surface area contributed by atoms with E-state index < -0.39 is 20.9 Å². The monoisotopic (exact) mass is 1400 g/mol. The SMILES string of the molecule is C[n+]1c2n(c3cc4ccncn4c31)Cc1cccnc1-2.[2H]C([2H])([2H])[n+]1c2n(c3cc4ccncn4c31)Cc1cccnc1-2.[2H]C([2H])([2H])n1c2[n+](c3oc4ccncc4c31)Cc1cccnc1-2.[2H]C([2H])([2H])n1c2[n+](c3sc4ccncc4c31)Cc1cccnc1-2.c1ccc(-n2c3[n+](c4cc5ccncn5c42)Cc2cccnc2-3)cc1. The number of benzene rings is 1. The summed E-state index contributed by atoms with van der Waals surface area (Å²) in [6, 6.07) is 46.4. The van der Waals surface area contributed by atoms with Crippen molar-refractivity contribution in [2.45, 2.75) is 32.7 Å². The van der Waals surface area contributed by atoms with E-state index >= 15 is 0 Å². The van der Waals surface area contributed by atoms with Crippen molar-refractivity contribution in [3.63, 3.8) is 0 Å². The second-order valence-electron chi connectivity index (χ2n) is 26.3. The summed E-state index contributed by atoms with van der Waals surface area (Å²) in [4.78, 5) is 44.4. The Morgan fingerprint density at radius 2 is 0.952 bits per heavy atom. The van der Waals surface area contributed by atoms with Gasteiger partial charge >= 0.3 is 23.2 Å². The third-order valence-electron chi connectivity index (χ3n) is 20.7. The van der Waals surface area contributed by atoms with Crippen LogP contribution in [0, 0.1) is 0 Å². The van der Waals surface area contributed by atoms with Crippen LogP contribution < -0.4 is 22.8 Å². The maximum absolute atomic E-state index is 8.03. The van der Waals surface area contributed by atoms with Gasteiger partial charge in [-0.25, -0.2) is 85.2 Å². The van der Waals surface area contributed by atoms with Crippen molar-refractivity contribution in [2.24, 2.45) is 28.0 Å². The highest BCUT2D eigenvalue weighted by Gasteiger charge is 2.41. The van der Waals surface area contributed by atoms with Gasteiger partial charge in [-0.05, 0) is 66.7 Å². The van der Waals surface area contributed by atoms with Crippen molar-refractivity contribution in [1.29, 1.82) is 0 Å². The number of pyridine rings is 7. The number of thiophene rings is 1. The highest BCUT2D eigenvalue weighted by molar-refractivity contribution is 7.25. The Morgan fingerprint density at radius 1 is 0.448 bits per heavy atom. The summed E-state index contributed by atoms with van der Waals surface area (Å²) in [7, 11) is 2.09. The summed E-state index contributed by atoms with van der Waals surface area (Å²) in [5, 5.41) is 1.57. The number of aryl methyl sites for hydroxylation is 4. The molecule has 0 saturated carbocycles. The smallest absolute Gasteiger partial charge is 0.339 e. The lowest BCUT2D eigenvalue weighted by Crippen LogP contribution is -2.31. The predicted octanol–water partition coefficient (Wildman–Crippen LogP) is 10.6. The quantitative estimate of drug-likeness (QED) is 0.142. The van der Waals surface area contributed by atoms with Crippen LogP contribution in [-0.2, 0) is 60.7 Å². The molecular weight excluding hydrogens is 1330 g/mol. The summed E-state index contributed by atoms with van der Waals surface area (Å²) < 4.78 is 105. The summed E-state index contributed by atoms with van der Waals surface area (Å²) in [5.74, 6) is 4.14. The third kappa shape index (κ3) is 8.45. The molecule has 5 aliphatic heterocycles. The molecule has 21 aromatic rings. The fraction of sp³-hybridized carbons (Fsp3) is 0.113. The predicted molar refractivity (Wildman–Crippen MR) is 395 cm³/mol. The normalized spacial score (nSPS) is 14.6. The molecule has 1 aromatic carbocycles. The number of nitrogens with zero attached hydrogens (tertiary/aromatic N) is 23. The van der Waals surface area contributed by atoms with Gasteiger partial charge in [0.1, 0.15) is 59.7 Å². The molecular formula is C80H60N23OS+5. The van der Waals surface area contributed by atoms with Crippen LogP contribution in [0.2, 0.25) is 0 Å². The molecule has 105 heavy (non-hydrogen) atoms. The Bertz CT molecular complexity index is 7200. The van der Waals surface area contributed by atoms with Crippen LogP contribution in [0.3, 0.4) is 0 Å². The van der Waals surface area contributed by atoms with Gasteiger partial charge in [0.05, 0.1) is 69.7 Å². The second kappa shape index (κ2) is 22.3. The first-order valence-corrected chi connectivity index (χ1v) is 34.8. The molecule has 502 valence electrons. The van der Waals surface area contributed by atoms with Gasteiger partial charge in [0.25, 0.3) is 28.6 Å². The molecule has 0 radical (unpaired) electrons. The molecule has 0 bridgehead atoms. The number of rotatable bonds is 1. The van der Waals surface area contributed by atoms with Crippen molar-refractivity contribution >= 4 is 104 Å². The Kier molecular flexibility index (Phi) is 10.7. The van der Waals surface area contributed by atoms with Gasteiger partial charge in [-0.3, -0.25) is 14.4 Å². The van der Waals surface area contributed by atoms with Crippen molar-refractivity contribution in [1.82, 2.24) is 85.9 Å². The lowest BCUT2D eigenvalue weighted by atomic mass is 10.2. The van der Waals surface area contributed by atoms with Crippen LogP contribution in [0.25, 0.3) is 156 Å². The number of hydrogen-bond acceptors (Lipinski definition) is 12. The van der Waals surface area contributed by atoms with E-state index in [-0.39, 0.29) is 0 Å². The molecule has 25 heteroatoms. The number of aromatic nitrogens is 23. The number of furan rings is 1. The number of para-hydroxylation sites is 1. The molecule has 0 spiro atoms. The van der Waals surface area contributed by atoms with E-state index in [0.29, 0.717) is 70.6 Å². The van der Waals surface area contributed by atoms with E-state index in [1.165, 1.54) is 52.8 Å². The third-order valence-corrected chi connectivity index (χ3v) is 21.8. The standard InChI is InChI=1S/C20H14N5.2C15H12N5.C15H11N4O.C15H11N4S/c1-2-6-15(7-3-1)25-19-17(11-16-8-10-21-13-24(16)19)23-12-14-5-4-9-22-18(14)20(23)25;2*1-18-14-12(7-11-4-6-16-9-20(11)14)19-8-10-3-2-5-17-13(10)15(18)19;2*1-18-13-10-7-16-6-4-11(10)20-15(13)19-8-9-3-2-5-17-12(9)14(18)19/h1-11,13H,12H2;2*2-7,9H,8H2,1H3;2*2-7H,8H2,1H3/q5*+1/i;1D3;;2*1D3. The zero-order valence-corrected chi connectivity index (χ0v) is 56.4. The minimum atomic E-state index is -2.34. The Labute approximate surface area is 611 Å². The average Bonchev–Trinajstić information content (AvgIpc) is 1.52. The van der Waals surface area contributed by atoms with Gasteiger partial charge in [-0.2, -0.15) is 9.13 Å². The number of hydrogen-bond donors (Lipinski definition) is 0. The highest BCUT2D eigenvalue weighted by atomic mass is 32.1. The molecule has 0 saturated heterocycles. The van der Waals surface area contributed by atoms with Crippen LogP contribution in [0.4, 0.5) is 0 Å². The maximum Gasteiger partial charge on any atom is 0.339 e. The summed E-state index contributed by atoms with van der Waals surface area (Å²) in [6.07, 6.45) is 26.3. The number of fused-ring (bicyclic) bond motifs is 35. The molecule has 0 fully saturated rings.